The van der Waals surface area contributed by atoms with Crippen molar-refractivity contribution in [1.82, 2.24) is 4.98 Å². The van der Waals surface area contributed by atoms with Crippen molar-refractivity contribution in [2.24, 2.45) is 0 Å². The maximum atomic E-state index is 10.3. The molecule has 3 aromatic rings. The lowest BCUT2D eigenvalue weighted by Crippen LogP contribution is -2.60. The summed E-state index contributed by atoms with van der Waals surface area (Å²) in [6.07, 6.45) is -1.70. The van der Waals surface area contributed by atoms with Crippen LogP contribution in [-0.2, 0) is 17.6 Å². The predicted molar refractivity (Wildman–Crippen MR) is 114 cm³/mol. The highest BCUT2D eigenvalue weighted by Crippen LogP contribution is 2.34. The Kier molecular flexibility index (Phi) is 6.43. The summed E-state index contributed by atoms with van der Waals surface area (Å²) in [5.41, 5.74) is 1.94. The van der Waals surface area contributed by atoms with Gasteiger partial charge < -0.3 is 34.9 Å². The van der Waals surface area contributed by atoms with E-state index in [0.717, 1.165) is 35.7 Å². The van der Waals surface area contributed by atoms with Gasteiger partial charge in [0.1, 0.15) is 30.2 Å². The van der Waals surface area contributed by atoms with Crippen LogP contribution in [0, 0.1) is 0 Å². The molecule has 0 radical (unpaired) electrons. The molecule has 1 fully saturated rings. The molecule has 30 heavy (non-hydrogen) atoms. The molecule has 3 heterocycles. The fourth-order valence-corrected chi connectivity index (χ4v) is 4.98. The minimum absolute atomic E-state index is 0.497. The van der Waals surface area contributed by atoms with Gasteiger partial charge >= 0.3 is 0 Å². The molecule has 1 saturated heterocycles. The first kappa shape index (κ1) is 21.3. The molecule has 4 rings (SSSR count). The van der Waals surface area contributed by atoms with E-state index in [1.807, 2.05) is 18.3 Å². The predicted octanol–water partition coefficient (Wildman–Crippen LogP) is 1.95. The zero-order valence-corrected chi connectivity index (χ0v) is 17.5. The molecule has 0 amide bonds. The van der Waals surface area contributed by atoms with Crippen molar-refractivity contribution in [2.45, 2.75) is 56.9 Å². The Morgan fingerprint density at radius 3 is 2.63 bits per heavy atom. The van der Waals surface area contributed by atoms with Gasteiger partial charge in [-0.2, -0.15) is 0 Å². The minimum atomic E-state index is -1.48. The average molecular weight is 434 g/mol. The zero-order valence-electron chi connectivity index (χ0n) is 16.7. The van der Waals surface area contributed by atoms with Crippen molar-refractivity contribution < 1.29 is 29.9 Å². The van der Waals surface area contributed by atoms with Crippen LogP contribution in [0.25, 0.3) is 10.9 Å². The lowest BCUT2D eigenvalue weighted by molar-refractivity contribution is -0.277. The van der Waals surface area contributed by atoms with Gasteiger partial charge in [-0.15, -0.1) is 11.3 Å². The van der Waals surface area contributed by atoms with Gasteiger partial charge in [0.05, 0.1) is 6.61 Å². The van der Waals surface area contributed by atoms with Gasteiger partial charge in [-0.25, -0.2) is 0 Å². The summed E-state index contributed by atoms with van der Waals surface area (Å²) in [7, 11) is 0. The Labute approximate surface area is 178 Å². The number of fused-ring (bicyclic) bond motifs is 1. The normalized spacial score (nSPS) is 26.9. The number of nitrogens with one attached hydrogen (secondary N) is 1. The summed E-state index contributed by atoms with van der Waals surface area (Å²) in [6, 6.07) is 9.86. The second-order valence-corrected chi connectivity index (χ2v) is 8.86. The first-order valence-corrected chi connectivity index (χ1v) is 11.0. The fourth-order valence-electron chi connectivity index (χ4n) is 3.83. The van der Waals surface area contributed by atoms with Crippen LogP contribution in [0.4, 0.5) is 0 Å². The monoisotopic (exact) mass is 433 g/mol. The molecule has 0 saturated carbocycles. The summed E-state index contributed by atoms with van der Waals surface area (Å²) in [6.45, 7) is 1.67. The largest absolute Gasteiger partial charge is 0.461 e. The number of aliphatic hydroxyl groups excluding tert-OH is 4. The minimum Gasteiger partial charge on any atom is -0.461 e. The third-order valence-corrected chi connectivity index (χ3v) is 6.56. The van der Waals surface area contributed by atoms with Gasteiger partial charge in [-0.3, -0.25) is 0 Å². The first-order chi connectivity index (χ1) is 14.5. The van der Waals surface area contributed by atoms with E-state index >= 15 is 0 Å². The summed E-state index contributed by atoms with van der Waals surface area (Å²) in [5, 5.41) is 40.6. The number of ether oxygens (including phenoxy) is 2. The van der Waals surface area contributed by atoms with Crippen molar-refractivity contribution >= 4 is 22.2 Å². The molecule has 1 aliphatic heterocycles. The van der Waals surface area contributed by atoms with Gasteiger partial charge in [0.25, 0.3) is 0 Å². The maximum Gasteiger partial charge on any atom is 0.229 e. The molecule has 0 bridgehead atoms. The zero-order chi connectivity index (χ0) is 21.3. The van der Waals surface area contributed by atoms with E-state index in [4.69, 9.17) is 9.47 Å². The van der Waals surface area contributed by atoms with Gasteiger partial charge in [0.2, 0.25) is 6.29 Å². The Bertz CT molecular complexity index is 983. The Hall–Kier alpha value is -1.94. The molecule has 5 atom stereocenters. The van der Waals surface area contributed by atoms with Crippen LogP contribution in [0.15, 0.2) is 36.5 Å². The van der Waals surface area contributed by atoms with E-state index in [9.17, 15) is 20.4 Å². The van der Waals surface area contributed by atoms with Gasteiger partial charge in [-0.1, -0.05) is 19.4 Å². The van der Waals surface area contributed by atoms with E-state index in [1.54, 1.807) is 17.4 Å². The average Bonchev–Trinajstić information content (AvgIpc) is 3.36. The lowest BCUT2D eigenvalue weighted by atomic mass is 9.99. The quantitative estimate of drug-likeness (QED) is 0.389. The number of H-pyrrole nitrogens is 1. The van der Waals surface area contributed by atoms with E-state index in [1.165, 1.54) is 9.75 Å². The van der Waals surface area contributed by atoms with Crippen LogP contribution in [0.2, 0.25) is 0 Å². The third kappa shape index (κ3) is 4.12. The number of hydrogen-bond acceptors (Lipinski definition) is 7. The Balaban J connectivity index is 1.60. The first-order valence-electron chi connectivity index (χ1n) is 10.2. The second kappa shape index (κ2) is 9.05. The molecule has 162 valence electrons. The van der Waals surface area contributed by atoms with Crippen LogP contribution in [0.3, 0.4) is 0 Å². The molecule has 1 aromatic carbocycles. The van der Waals surface area contributed by atoms with Crippen LogP contribution in [0.1, 0.15) is 28.7 Å². The van der Waals surface area contributed by atoms with Gasteiger partial charge in [-0.05, 0) is 36.2 Å². The third-order valence-electron chi connectivity index (χ3n) is 5.42. The van der Waals surface area contributed by atoms with Crippen LogP contribution in [-0.4, -0.2) is 62.7 Å². The van der Waals surface area contributed by atoms with E-state index in [-0.39, 0.29) is 0 Å². The van der Waals surface area contributed by atoms with Crippen LogP contribution >= 0.6 is 11.3 Å². The summed E-state index contributed by atoms with van der Waals surface area (Å²) >= 11 is 1.80. The molecule has 2 aromatic heterocycles. The van der Waals surface area contributed by atoms with Crippen molar-refractivity contribution in [3.8, 4) is 5.75 Å². The summed E-state index contributed by atoms with van der Waals surface area (Å²) < 4.78 is 11.4. The molecule has 5 N–H and O–H groups in total. The van der Waals surface area contributed by atoms with E-state index in [0.29, 0.717) is 5.75 Å². The van der Waals surface area contributed by atoms with Crippen molar-refractivity contribution in [3.63, 3.8) is 0 Å². The number of thiophene rings is 1. The van der Waals surface area contributed by atoms with Crippen LogP contribution < -0.4 is 4.74 Å². The summed E-state index contributed by atoms with van der Waals surface area (Å²) in [5.74, 6) is 0.499. The number of rotatable bonds is 7. The smallest absolute Gasteiger partial charge is 0.229 e. The van der Waals surface area contributed by atoms with Gasteiger partial charge in [0, 0.05) is 33.3 Å². The number of aromatic amines is 1. The standard InChI is InChI=1S/C22H27NO6S/c1-2-4-13-7-8-14(30-13)9-12-10-23-15-5-3-6-16(18(12)15)28-22-21(27)20(26)19(25)17(11-24)29-22/h3,5-8,10,17,19-27H,2,4,9,11H2,1H3/t17-,19-,20+,21-,22-/m1/s1. The second-order valence-electron chi connectivity index (χ2n) is 7.60. The number of aryl methyl sites for hydroxylation is 1. The molecule has 0 spiro atoms. The summed E-state index contributed by atoms with van der Waals surface area (Å²) in [4.78, 5) is 5.87. The maximum absolute atomic E-state index is 10.3. The molecule has 0 unspecified atom stereocenters. The highest BCUT2D eigenvalue weighted by atomic mass is 32.1. The topological polar surface area (TPSA) is 115 Å². The Morgan fingerprint density at radius 2 is 1.87 bits per heavy atom. The number of hydrogen-bond donors (Lipinski definition) is 5. The molecule has 0 aliphatic carbocycles. The molecule has 7 nitrogen and oxygen atoms in total. The molecule has 8 heteroatoms. The van der Waals surface area contributed by atoms with Crippen LogP contribution in [0.5, 0.6) is 5.75 Å². The molecular formula is C22H27NO6S. The van der Waals surface area contributed by atoms with E-state index < -0.39 is 37.3 Å². The molecular weight excluding hydrogens is 406 g/mol. The lowest BCUT2D eigenvalue weighted by Gasteiger charge is -2.39. The van der Waals surface area contributed by atoms with Crippen molar-refractivity contribution in [3.05, 3.63) is 51.8 Å². The fraction of sp³-hybridized carbons (Fsp3) is 0.455. The van der Waals surface area contributed by atoms with Gasteiger partial charge in [0.15, 0.2) is 0 Å². The molecule has 1 aliphatic rings. The van der Waals surface area contributed by atoms with Crippen molar-refractivity contribution in [1.29, 1.82) is 0 Å². The van der Waals surface area contributed by atoms with E-state index in [2.05, 4.69) is 24.0 Å². The highest BCUT2D eigenvalue weighted by molar-refractivity contribution is 7.12. The number of benzene rings is 1. The number of aliphatic hydroxyl groups is 4. The van der Waals surface area contributed by atoms with Crippen molar-refractivity contribution in [2.75, 3.05) is 6.61 Å². The highest BCUT2D eigenvalue weighted by Gasteiger charge is 2.44. The Morgan fingerprint density at radius 1 is 1.07 bits per heavy atom. The SMILES string of the molecule is CCCc1ccc(Cc2c[nH]c3cccc(O[C@@H]4O[C@H](CO)[C@@H](O)[C@H](O)[C@H]4O)c23)s1. The number of aromatic nitrogens is 1.